The average Bonchev–Trinajstić information content (AvgIpc) is 2.43. The van der Waals surface area contributed by atoms with E-state index >= 15 is 0 Å². The smallest absolute Gasteiger partial charge is 0.199 e. The van der Waals surface area contributed by atoms with Crippen molar-refractivity contribution in [2.45, 2.75) is 25.6 Å². The lowest BCUT2D eigenvalue weighted by atomic mass is 10.2. The first-order chi connectivity index (χ1) is 8.84. The lowest BCUT2D eigenvalue weighted by Crippen LogP contribution is -2.25. The van der Waals surface area contributed by atoms with Crippen LogP contribution in [0.1, 0.15) is 19.3 Å². The third-order valence-corrected chi connectivity index (χ3v) is 3.76. The standard InChI is InChI=1S/C13H15BrO4/c14-12-9(18-11-3-1-2-6-16-11)4-5-10-13(12)17-8-7-15-10/h4-5,11H,1-3,6-8H2. The molecular formula is C13H15BrO4. The Hall–Kier alpha value is -0.940. The molecule has 2 aliphatic heterocycles. The van der Waals surface area contributed by atoms with Gasteiger partial charge in [-0.25, -0.2) is 0 Å². The second kappa shape index (κ2) is 5.36. The third-order valence-electron chi connectivity index (χ3n) is 3.01. The monoisotopic (exact) mass is 314 g/mol. The van der Waals surface area contributed by atoms with E-state index in [2.05, 4.69) is 15.9 Å². The van der Waals surface area contributed by atoms with Gasteiger partial charge in [-0.1, -0.05) is 0 Å². The number of hydrogen-bond donors (Lipinski definition) is 0. The van der Waals surface area contributed by atoms with Gasteiger partial charge in [-0.2, -0.15) is 0 Å². The van der Waals surface area contributed by atoms with Crippen LogP contribution in [0.25, 0.3) is 0 Å². The first-order valence-corrected chi connectivity index (χ1v) is 7.00. The molecule has 2 heterocycles. The Morgan fingerprint density at radius 1 is 1.11 bits per heavy atom. The summed E-state index contributed by atoms with van der Waals surface area (Å²) in [5, 5.41) is 0. The Morgan fingerprint density at radius 3 is 2.83 bits per heavy atom. The number of rotatable bonds is 2. The first-order valence-electron chi connectivity index (χ1n) is 6.21. The zero-order valence-electron chi connectivity index (χ0n) is 9.99. The summed E-state index contributed by atoms with van der Waals surface area (Å²) in [6.45, 7) is 1.92. The zero-order valence-corrected chi connectivity index (χ0v) is 11.6. The minimum absolute atomic E-state index is 0.155. The second-order valence-electron chi connectivity index (χ2n) is 4.32. The van der Waals surface area contributed by atoms with Gasteiger partial charge in [0.25, 0.3) is 0 Å². The van der Waals surface area contributed by atoms with E-state index in [0.717, 1.165) is 47.6 Å². The van der Waals surface area contributed by atoms with Crippen molar-refractivity contribution in [3.8, 4) is 17.2 Å². The molecule has 0 bridgehead atoms. The largest absolute Gasteiger partial charge is 0.486 e. The maximum Gasteiger partial charge on any atom is 0.199 e. The van der Waals surface area contributed by atoms with Gasteiger partial charge in [0.15, 0.2) is 17.8 Å². The van der Waals surface area contributed by atoms with Gasteiger partial charge in [0, 0.05) is 6.42 Å². The van der Waals surface area contributed by atoms with Crippen LogP contribution < -0.4 is 14.2 Å². The average molecular weight is 315 g/mol. The van der Waals surface area contributed by atoms with E-state index in [1.165, 1.54) is 0 Å². The minimum Gasteiger partial charge on any atom is -0.486 e. The fourth-order valence-corrected chi connectivity index (χ4v) is 2.64. The van der Waals surface area contributed by atoms with Crippen LogP contribution in [0, 0.1) is 0 Å². The van der Waals surface area contributed by atoms with Gasteiger partial charge >= 0.3 is 0 Å². The van der Waals surface area contributed by atoms with Gasteiger partial charge in [-0.3, -0.25) is 0 Å². The van der Waals surface area contributed by atoms with Crippen molar-refractivity contribution >= 4 is 15.9 Å². The number of halogens is 1. The summed E-state index contributed by atoms with van der Waals surface area (Å²) in [6.07, 6.45) is 3.04. The second-order valence-corrected chi connectivity index (χ2v) is 5.11. The zero-order chi connectivity index (χ0) is 12.4. The van der Waals surface area contributed by atoms with Gasteiger partial charge < -0.3 is 18.9 Å². The summed E-state index contributed by atoms with van der Waals surface area (Å²) in [7, 11) is 0. The molecule has 1 atom stereocenters. The van der Waals surface area contributed by atoms with Crippen molar-refractivity contribution in [2.24, 2.45) is 0 Å². The Bertz CT molecular complexity index is 429. The highest BCUT2D eigenvalue weighted by atomic mass is 79.9. The number of benzene rings is 1. The predicted molar refractivity (Wildman–Crippen MR) is 69.4 cm³/mol. The Morgan fingerprint density at radius 2 is 2.00 bits per heavy atom. The summed E-state index contributed by atoms with van der Waals surface area (Å²) in [5.74, 6) is 2.21. The van der Waals surface area contributed by atoms with Gasteiger partial charge in [0.1, 0.15) is 23.4 Å². The summed E-state index contributed by atoms with van der Waals surface area (Å²) < 4.78 is 23.3. The predicted octanol–water partition coefficient (Wildman–Crippen LogP) is 3.13. The lowest BCUT2D eigenvalue weighted by Gasteiger charge is -2.25. The number of ether oxygens (including phenoxy) is 4. The van der Waals surface area contributed by atoms with Crippen LogP contribution in [-0.2, 0) is 4.74 Å². The molecule has 0 amide bonds. The molecule has 0 radical (unpaired) electrons. The SMILES string of the molecule is Brc1c(OC2CCCCO2)ccc2c1OCCO2. The molecule has 98 valence electrons. The van der Waals surface area contributed by atoms with Crippen molar-refractivity contribution in [1.82, 2.24) is 0 Å². The summed E-state index contributed by atoms with van der Waals surface area (Å²) in [6, 6.07) is 3.76. The van der Waals surface area contributed by atoms with E-state index in [1.54, 1.807) is 0 Å². The molecule has 0 aromatic heterocycles. The summed E-state index contributed by atoms with van der Waals surface area (Å²) in [5.41, 5.74) is 0. The maximum atomic E-state index is 5.85. The molecule has 1 fully saturated rings. The van der Waals surface area contributed by atoms with Crippen LogP contribution in [0.5, 0.6) is 17.2 Å². The molecule has 2 aliphatic rings. The molecule has 1 aromatic carbocycles. The highest BCUT2D eigenvalue weighted by Gasteiger charge is 2.22. The Labute approximate surface area is 114 Å². The van der Waals surface area contributed by atoms with Gasteiger partial charge in [0.05, 0.1) is 6.61 Å². The van der Waals surface area contributed by atoms with Crippen LogP contribution in [0.4, 0.5) is 0 Å². The van der Waals surface area contributed by atoms with E-state index in [-0.39, 0.29) is 6.29 Å². The third kappa shape index (κ3) is 2.42. The van der Waals surface area contributed by atoms with Crippen LogP contribution in [-0.4, -0.2) is 26.1 Å². The van der Waals surface area contributed by atoms with Crippen LogP contribution in [0.2, 0.25) is 0 Å². The van der Waals surface area contributed by atoms with Crippen LogP contribution >= 0.6 is 15.9 Å². The quantitative estimate of drug-likeness (QED) is 0.840. The summed E-state index contributed by atoms with van der Waals surface area (Å²) in [4.78, 5) is 0. The van der Waals surface area contributed by atoms with Crippen LogP contribution in [0.15, 0.2) is 16.6 Å². The minimum atomic E-state index is -0.155. The van der Waals surface area contributed by atoms with Gasteiger partial charge in [-0.05, 0) is 40.9 Å². The lowest BCUT2D eigenvalue weighted by molar-refractivity contribution is -0.106. The van der Waals surface area contributed by atoms with Crippen molar-refractivity contribution in [3.05, 3.63) is 16.6 Å². The number of hydrogen-bond acceptors (Lipinski definition) is 4. The Balaban J connectivity index is 1.79. The summed E-state index contributed by atoms with van der Waals surface area (Å²) >= 11 is 3.51. The maximum absolute atomic E-state index is 5.85. The molecule has 1 unspecified atom stereocenters. The number of fused-ring (bicyclic) bond motifs is 1. The Kier molecular flexibility index (Phi) is 3.61. The molecule has 0 spiro atoms. The highest BCUT2D eigenvalue weighted by Crippen LogP contribution is 2.43. The molecule has 0 aliphatic carbocycles. The molecule has 0 saturated carbocycles. The van der Waals surface area contributed by atoms with Crippen molar-refractivity contribution in [3.63, 3.8) is 0 Å². The highest BCUT2D eigenvalue weighted by molar-refractivity contribution is 9.10. The van der Waals surface area contributed by atoms with Gasteiger partial charge in [0.2, 0.25) is 0 Å². The molecule has 5 heteroatoms. The molecule has 4 nitrogen and oxygen atoms in total. The fourth-order valence-electron chi connectivity index (χ4n) is 2.10. The van der Waals surface area contributed by atoms with Gasteiger partial charge in [-0.15, -0.1) is 0 Å². The molecule has 1 aromatic rings. The van der Waals surface area contributed by atoms with E-state index in [9.17, 15) is 0 Å². The first kappa shape index (κ1) is 12.1. The molecule has 3 rings (SSSR count). The normalized spacial score (nSPS) is 22.6. The van der Waals surface area contributed by atoms with Crippen LogP contribution in [0.3, 0.4) is 0 Å². The van der Waals surface area contributed by atoms with Crippen molar-refractivity contribution < 1.29 is 18.9 Å². The van der Waals surface area contributed by atoms with E-state index in [0.29, 0.717) is 13.2 Å². The van der Waals surface area contributed by atoms with Crippen molar-refractivity contribution in [2.75, 3.05) is 19.8 Å². The molecular weight excluding hydrogens is 300 g/mol. The topological polar surface area (TPSA) is 36.9 Å². The molecule has 18 heavy (non-hydrogen) atoms. The van der Waals surface area contributed by atoms with E-state index in [1.807, 2.05) is 12.1 Å². The fraction of sp³-hybridized carbons (Fsp3) is 0.538. The van der Waals surface area contributed by atoms with E-state index < -0.39 is 0 Å². The molecule has 1 saturated heterocycles. The van der Waals surface area contributed by atoms with E-state index in [4.69, 9.17) is 18.9 Å². The van der Waals surface area contributed by atoms with Crippen molar-refractivity contribution in [1.29, 1.82) is 0 Å². The molecule has 0 N–H and O–H groups in total.